The fourth-order valence-electron chi connectivity index (χ4n) is 2.50. The van der Waals surface area contributed by atoms with Gasteiger partial charge in [0.05, 0.1) is 5.69 Å². The largest absolute Gasteiger partial charge is 0.382 e. The fourth-order valence-corrected chi connectivity index (χ4v) is 3.96. The molecule has 3 rings (SSSR count). The van der Waals surface area contributed by atoms with Gasteiger partial charge in [0.25, 0.3) is 0 Å². The van der Waals surface area contributed by atoms with Crippen molar-refractivity contribution in [2.75, 3.05) is 0 Å². The monoisotopic (exact) mass is 401 g/mol. The molecule has 1 aromatic carbocycles. The van der Waals surface area contributed by atoms with E-state index in [0.717, 1.165) is 44.2 Å². The zero-order valence-electron chi connectivity index (χ0n) is 9.83. The fraction of sp³-hybridized carbons (Fsp3) is 0.214. The molecule has 2 nitrogen and oxygen atoms in total. The predicted octanol–water partition coefficient (Wildman–Crippen LogP) is 4.44. The van der Waals surface area contributed by atoms with Crippen LogP contribution in [0.4, 0.5) is 0 Å². The first-order valence-electron chi connectivity index (χ1n) is 5.86. The molecule has 0 spiro atoms. The molecule has 5 heteroatoms. The molecular weight excluding hydrogens is 393 g/mol. The van der Waals surface area contributed by atoms with E-state index in [4.69, 9.17) is 11.6 Å². The number of fused-ring (bicyclic) bond motifs is 2. The van der Waals surface area contributed by atoms with Crippen molar-refractivity contribution in [3.63, 3.8) is 0 Å². The van der Waals surface area contributed by atoms with Crippen molar-refractivity contribution in [3.8, 4) is 0 Å². The first-order valence-corrected chi connectivity index (χ1v) is 7.83. The molecule has 1 atom stereocenters. The summed E-state index contributed by atoms with van der Waals surface area (Å²) in [5.74, 6) is 0. The Morgan fingerprint density at radius 3 is 2.68 bits per heavy atom. The van der Waals surface area contributed by atoms with Crippen molar-refractivity contribution >= 4 is 43.5 Å². The van der Waals surface area contributed by atoms with Crippen LogP contribution in [-0.2, 0) is 12.8 Å². The molecule has 1 aliphatic carbocycles. The highest BCUT2D eigenvalue weighted by atomic mass is 79.9. The van der Waals surface area contributed by atoms with Gasteiger partial charge >= 0.3 is 0 Å². The Labute approximate surface area is 133 Å². The first-order chi connectivity index (χ1) is 9.06. The molecule has 0 saturated heterocycles. The van der Waals surface area contributed by atoms with Gasteiger partial charge in [0, 0.05) is 25.7 Å². The quantitative estimate of drug-likeness (QED) is 0.706. The number of rotatable bonds is 0. The Hall–Kier alpha value is -0.420. The topological polar surface area (TPSA) is 33.1 Å². The minimum atomic E-state index is -0.716. The molecule has 0 fully saturated rings. The number of benzene rings is 1. The minimum absolute atomic E-state index is 0.679. The summed E-state index contributed by atoms with van der Waals surface area (Å²) in [5, 5.41) is 11.3. The number of aryl methyl sites for hydroxylation is 2. The van der Waals surface area contributed by atoms with Crippen LogP contribution in [0.15, 0.2) is 33.3 Å². The van der Waals surface area contributed by atoms with E-state index in [0.29, 0.717) is 5.02 Å². The molecule has 19 heavy (non-hydrogen) atoms. The van der Waals surface area contributed by atoms with E-state index in [1.807, 2.05) is 18.2 Å². The van der Waals surface area contributed by atoms with Gasteiger partial charge in [-0.25, -0.2) is 0 Å². The lowest BCUT2D eigenvalue weighted by Crippen LogP contribution is -2.06. The Morgan fingerprint density at radius 2 is 1.89 bits per heavy atom. The summed E-state index contributed by atoms with van der Waals surface area (Å²) in [6, 6.07) is 5.76. The maximum absolute atomic E-state index is 10.6. The van der Waals surface area contributed by atoms with Crippen molar-refractivity contribution in [3.05, 3.63) is 60.7 Å². The molecule has 1 aliphatic rings. The standard InChI is InChI=1S/C14H10Br2ClNO/c15-9-3-8-2-1-7-4-10(17)5-11(16)12(7)14(19)13(8)18-6-9/h3-6,14,19H,1-2H2/t14-/m0/s1. The molecule has 0 aliphatic heterocycles. The highest BCUT2D eigenvalue weighted by Crippen LogP contribution is 2.38. The van der Waals surface area contributed by atoms with Crippen molar-refractivity contribution in [2.24, 2.45) is 0 Å². The molecule has 0 bridgehead atoms. The molecule has 2 aromatic rings. The van der Waals surface area contributed by atoms with Gasteiger partial charge in [0.1, 0.15) is 6.10 Å². The van der Waals surface area contributed by atoms with Crippen LogP contribution < -0.4 is 0 Å². The number of hydrogen-bond acceptors (Lipinski definition) is 2. The van der Waals surface area contributed by atoms with Gasteiger partial charge in [-0.05, 0) is 58.1 Å². The molecule has 98 valence electrons. The maximum Gasteiger partial charge on any atom is 0.123 e. The second kappa shape index (κ2) is 5.17. The van der Waals surface area contributed by atoms with Crippen LogP contribution >= 0.6 is 43.5 Å². The Morgan fingerprint density at radius 1 is 1.16 bits per heavy atom. The third-order valence-corrected chi connectivity index (χ3v) is 4.65. The van der Waals surface area contributed by atoms with Crippen LogP contribution in [-0.4, -0.2) is 10.1 Å². The van der Waals surface area contributed by atoms with Crippen LogP contribution in [0.25, 0.3) is 0 Å². The second-order valence-electron chi connectivity index (χ2n) is 4.56. The minimum Gasteiger partial charge on any atom is -0.382 e. The maximum atomic E-state index is 10.6. The number of pyridine rings is 1. The molecular formula is C14H10Br2ClNO. The summed E-state index contributed by atoms with van der Waals surface area (Å²) in [6.07, 6.45) is 2.69. The molecule has 0 radical (unpaired) electrons. The lowest BCUT2D eigenvalue weighted by Gasteiger charge is -2.15. The zero-order valence-corrected chi connectivity index (χ0v) is 13.8. The highest BCUT2D eigenvalue weighted by Gasteiger charge is 2.25. The van der Waals surface area contributed by atoms with Crippen LogP contribution in [0.1, 0.15) is 28.5 Å². The van der Waals surface area contributed by atoms with Crippen LogP contribution in [0.2, 0.25) is 5.02 Å². The summed E-state index contributed by atoms with van der Waals surface area (Å²) in [5.41, 5.74) is 3.74. The van der Waals surface area contributed by atoms with E-state index in [2.05, 4.69) is 36.8 Å². The lowest BCUT2D eigenvalue weighted by molar-refractivity contribution is 0.214. The van der Waals surface area contributed by atoms with E-state index in [9.17, 15) is 5.11 Å². The van der Waals surface area contributed by atoms with Crippen LogP contribution in [0.5, 0.6) is 0 Å². The van der Waals surface area contributed by atoms with Crippen molar-refractivity contribution in [2.45, 2.75) is 18.9 Å². The highest BCUT2D eigenvalue weighted by molar-refractivity contribution is 9.10. The van der Waals surface area contributed by atoms with E-state index < -0.39 is 6.10 Å². The average Bonchev–Trinajstić information content (AvgIpc) is 2.47. The summed E-state index contributed by atoms with van der Waals surface area (Å²) >= 11 is 13.0. The van der Waals surface area contributed by atoms with Crippen LogP contribution in [0.3, 0.4) is 0 Å². The van der Waals surface area contributed by atoms with Crippen molar-refractivity contribution in [1.29, 1.82) is 0 Å². The molecule has 1 aromatic heterocycles. The van der Waals surface area contributed by atoms with Gasteiger partial charge in [-0.2, -0.15) is 0 Å². The third kappa shape index (κ3) is 2.47. The van der Waals surface area contributed by atoms with Gasteiger partial charge in [-0.1, -0.05) is 27.5 Å². The van der Waals surface area contributed by atoms with E-state index in [-0.39, 0.29) is 0 Å². The van der Waals surface area contributed by atoms with Crippen LogP contribution in [0, 0.1) is 0 Å². The van der Waals surface area contributed by atoms with E-state index in [1.54, 1.807) is 6.20 Å². The average molecular weight is 404 g/mol. The summed E-state index contributed by atoms with van der Waals surface area (Å²) < 4.78 is 1.77. The number of nitrogens with zero attached hydrogens (tertiary/aromatic N) is 1. The SMILES string of the molecule is O[C@@H]1c2ncc(Br)cc2CCc2cc(Cl)cc(Br)c21. The van der Waals surface area contributed by atoms with Gasteiger partial charge in [0.2, 0.25) is 0 Å². The third-order valence-electron chi connectivity index (χ3n) is 3.34. The van der Waals surface area contributed by atoms with E-state index >= 15 is 0 Å². The molecule has 0 unspecified atom stereocenters. The Balaban J connectivity index is 2.20. The molecule has 0 saturated carbocycles. The molecule has 1 heterocycles. The molecule has 0 amide bonds. The number of hydrogen-bond donors (Lipinski definition) is 1. The predicted molar refractivity (Wildman–Crippen MR) is 82.6 cm³/mol. The van der Waals surface area contributed by atoms with Gasteiger partial charge < -0.3 is 5.11 Å². The Kier molecular flexibility index (Phi) is 3.69. The number of aromatic nitrogens is 1. The number of aliphatic hydroxyl groups excluding tert-OH is 1. The number of aliphatic hydroxyl groups is 1. The normalized spacial score (nSPS) is 17.6. The lowest BCUT2D eigenvalue weighted by atomic mass is 10.0. The van der Waals surface area contributed by atoms with Crippen molar-refractivity contribution < 1.29 is 5.11 Å². The first kappa shape index (κ1) is 13.6. The molecule has 1 N–H and O–H groups in total. The Bertz CT molecular complexity index is 660. The van der Waals surface area contributed by atoms with Gasteiger partial charge in [0.15, 0.2) is 0 Å². The number of halogens is 3. The smallest absolute Gasteiger partial charge is 0.123 e. The van der Waals surface area contributed by atoms with Crippen molar-refractivity contribution in [1.82, 2.24) is 4.98 Å². The van der Waals surface area contributed by atoms with Gasteiger partial charge in [-0.3, -0.25) is 4.98 Å². The summed E-state index contributed by atoms with van der Waals surface area (Å²) in [7, 11) is 0. The van der Waals surface area contributed by atoms with E-state index in [1.165, 1.54) is 0 Å². The second-order valence-corrected chi connectivity index (χ2v) is 6.77. The summed E-state index contributed by atoms with van der Waals surface area (Å²) in [6.45, 7) is 0. The summed E-state index contributed by atoms with van der Waals surface area (Å²) in [4.78, 5) is 4.37. The van der Waals surface area contributed by atoms with Gasteiger partial charge in [-0.15, -0.1) is 0 Å². The zero-order chi connectivity index (χ0) is 13.6.